The van der Waals surface area contributed by atoms with E-state index in [-0.39, 0.29) is 11.3 Å². The van der Waals surface area contributed by atoms with Crippen LogP contribution in [-0.4, -0.2) is 25.5 Å². The first kappa shape index (κ1) is 14.4. The van der Waals surface area contributed by atoms with Crippen molar-refractivity contribution in [2.45, 2.75) is 53.0 Å². The Kier molecular flexibility index (Phi) is 6.57. The Bertz CT molecular complexity index is 190. The Labute approximate surface area is 94.0 Å². The molecule has 0 aliphatic heterocycles. The van der Waals surface area contributed by atoms with Crippen molar-refractivity contribution in [3.05, 3.63) is 0 Å². The second kappa shape index (κ2) is 6.83. The molecule has 0 rings (SSSR count). The van der Waals surface area contributed by atoms with Crippen molar-refractivity contribution in [2.75, 3.05) is 13.6 Å². The third kappa shape index (κ3) is 5.17. The average Bonchev–Trinajstić information content (AvgIpc) is 2.22. The summed E-state index contributed by atoms with van der Waals surface area (Å²) in [4.78, 5) is 11.5. The number of amides is 1. The summed E-state index contributed by atoms with van der Waals surface area (Å²) in [5.41, 5.74) is -0.324. The van der Waals surface area contributed by atoms with E-state index in [2.05, 4.69) is 24.5 Å². The minimum atomic E-state index is -0.324. The van der Waals surface area contributed by atoms with E-state index in [4.69, 9.17) is 0 Å². The average molecular weight is 214 g/mol. The van der Waals surface area contributed by atoms with Crippen LogP contribution >= 0.6 is 0 Å². The third-order valence-corrected chi connectivity index (χ3v) is 2.80. The molecule has 0 saturated carbocycles. The first-order valence-corrected chi connectivity index (χ1v) is 5.93. The minimum absolute atomic E-state index is 0.0985. The molecule has 0 aliphatic carbocycles. The van der Waals surface area contributed by atoms with Crippen LogP contribution in [0.3, 0.4) is 0 Å². The highest BCUT2D eigenvalue weighted by atomic mass is 16.2. The second-order valence-corrected chi connectivity index (χ2v) is 4.74. The highest BCUT2D eigenvalue weighted by Crippen LogP contribution is 2.14. The van der Waals surface area contributed by atoms with Gasteiger partial charge in [0.25, 0.3) is 0 Å². The lowest BCUT2D eigenvalue weighted by Crippen LogP contribution is -2.44. The molecule has 0 aromatic heterocycles. The highest BCUT2D eigenvalue weighted by molar-refractivity contribution is 5.81. The Morgan fingerprint density at radius 2 is 1.93 bits per heavy atom. The van der Waals surface area contributed by atoms with Gasteiger partial charge in [-0.1, -0.05) is 20.3 Å². The van der Waals surface area contributed by atoms with E-state index < -0.39 is 0 Å². The molecule has 0 aromatic rings. The van der Waals surface area contributed by atoms with Crippen LogP contribution in [0.25, 0.3) is 0 Å². The van der Waals surface area contributed by atoms with E-state index in [1.807, 2.05) is 13.8 Å². The van der Waals surface area contributed by atoms with Crippen molar-refractivity contribution in [3.63, 3.8) is 0 Å². The van der Waals surface area contributed by atoms with Gasteiger partial charge < -0.3 is 10.6 Å². The fraction of sp³-hybridized carbons (Fsp3) is 0.917. The predicted octanol–water partition coefficient (Wildman–Crippen LogP) is 1.93. The van der Waals surface area contributed by atoms with Crippen LogP contribution in [0.5, 0.6) is 0 Å². The molecule has 1 unspecified atom stereocenters. The SMILES string of the molecule is CCCC(CC)NCC(C)(C)C(=O)NC. The number of carbonyl (C=O) groups excluding carboxylic acids is 1. The molecular weight excluding hydrogens is 188 g/mol. The topological polar surface area (TPSA) is 41.1 Å². The lowest BCUT2D eigenvalue weighted by molar-refractivity contribution is -0.128. The molecule has 3 nitrogen and oxygen atoms in total. The Morgan fingerprint density at radius 1 is 1.33 bits per heavy atom. The molecule has 3 heteroatoms. The molecule has 0 spiro atoms. The number of carbonyl (C=O) groups is 1. The predicted molar refractivity (Wildman–Crippen MR) is 64.8 cm³/mol. The molecule has 2 N–H and O–H groups in total. The number of rotatable bonds is 7. The van der Waals surface area contributed by atoms with Crippen LogP contribution in [0.1, 0.15) is 47.0 Å². The van der Waals surface area contributed by atoms with E-state index in [1.165, 1.54) is 12.8 Å². The van der Waals surface area contributed by atoms with Gasteiger partial charge in [0.15, 0.2) is 0 Å². The standard InChI is InChI=1S/C12H26N2O/c1-6-8-10(7-2)14-9-12(3,4)11(15)13-5/h10,14H,6-9H2,1-5H3,(H,13,15). The fourth-order valence-corrected chi connectivity index (χ4v) is 1.62. The minimum Gasteiger partial charge on any atom is -0.359 e. The van der Waals surface area contributed by atoms with Crippen molar-refractivity contribution in [1.29, 1.82) is 0 Å². The van der Waals surface area contributed by atoms with E-state index in [0.717, 1.165) is 13.0 Å². The number of hydrogen-bond donors (Lipinski definition) is 2. The Hall–Kier alpha value is -0.570. The summed E-state index contributed by atoms with van der Waals surface area (Å²) in [7, 11) is 1.69. The van der Waals surface area contributed by atoms with Crippen molar-refractivity contribution in [3.8, 4) is 0 Å². The lowest BCUT2D eigenvalue weighted by Gasteiger charge is -2.26. The summed E-state index contributed by atoms with van der Waals surface area (Å²) in [6.07, 6.45) is 3.49. The van der Waals surface area contributed by atoms with Crippen LogP contribution in [0.15, 0.2) is 0 Å². The largest absolute Gasteiger partial charge is 0.359 e. The van der Waals surface area contributed by atoms with Crippen LogP contribution < -0.4 is 10.6 Å². The zero-order chi connectivity index (χ0) is 11.9. The number of nitrogens with one attached hydrogen (secondary N) is 2. The first-order valence-electron chi connectivity index (χ1n) is 5.93. The van der Waals surface area contributed by atoms with Gasteiger partial charge in [-0.25, -0.2) is 0 Å². The molecule has 0 heterocycles. The van der Waals surface area contributed by atoms with Crippen molar-refractivity contribution >= 4 is 5.91 Å². The van der Waals surface area contributed by atoms with E-state index in [0.29, 0.717) is 6.04 Å². The maximum atomic E-state index is 11.5. The third-order valence-electron chi connectivity index (χ3n) is 2.80. The Morgan fingerprint density at radius 3 is 2.33 bits per heavy atom. The maximum absolute atomic E-state index is 11.5. The molecule has 1 atom stereocenters. The molecule has 0 aromatic carbocycles. The Balaban J connectivity index is 4.05. The van der Waals surface area contributed by atoms with Gasteiger partial charge in [0.1, 0.15) is 0 Å². The number of hydrogen-bond acceptors (Lipinski definition) is 2. The van der Waals surface area contributed by atoms with E-state index >= 15 is 0 Å². The zero-order valence-corrected chi connectivity index (χ0v) is 10.8. The molecule has 0 fully saturated rings. The molecule has 15 heavy (non-hydrogen) atoms. The molecule has 0 bridgehead atoms. The van der Waals surface area contributed by atoms with Gasteiger partial charge in [0.2, 0.25) is 5.91 Å². The van der Waals surface area contributed by atoms with Crippen LogP contribution in [0.4, 0.5) is 0 Å². The molecule has 1 amide bonds. The van der Waals surface area contributed by atoms with Crippen LogP contribution in [0, 0.1) is 5.41 Å². The summed E-state index contributed by atoms with van der Waals surface area (Å²) in [6.45, 7) is 9.05. The summed E-state index contributed by atoms with van der Waals surface area (Å²) in [5.74, 6) is 0.0985. The quantitative estimate of drug-likeness (QED) is 0.680. The first-order chi connectivity index (χ1) is 6.97. The van der Waals surface area contributed by atoms with Gasteiger partial charge in [0.05, 0.1) is 5.41 Å². The van der Waals surface area contributed by atoms with Gasteiger partial charge in [-0.05, 0) is 26.7 Å². The monoisotopic (exact) mass is 214 g/mol. The van der Waals surface area contributed by atoms with Gasteiger partial charge in [-0.3, -0.25) is 4.79 Å². The lowest BCUT2D eigenvalue weighted by atomic mass is 9.91. The fourth-order valence-electron chi connectivity index (χ4n) is 1.62. The summed E-state index contributed by atoms with van der Waals surface area (Å²) in [5, 5.41) is 6.17. The van der Waals surface area contributed by atoms with Gasteiger partial charge in [-0.15, -0.1) is 0 Å². The molecule has 0 aliphatic rings. The summed E-state index contributed by atoms with van der Waals surface area (Å²) in [6, 6.07) is 0.541. The molecular formula is C12H26N2O. The second-order valence-electron chi connectivity index (χ2n) is 4.74. The van der Waals surface area contributed by atoms with Crippen molar-refractivity contribution < 1.29 is 4.79 Å². The van der Waals surface area contributed by atoms with Gasteiger partial charge in [0, 0.05) is 19.6 Å². The maximum Gasteiger partial charge on any atom is 0.226 e. The smallest absolute Gasteiger partial charge is 0.226 e. The van der Waals surface area contributed by atoms with E-state index in [1.54, 1.807) is 7.05 Å². The molecule has 0 radical (unpaired) electrons. The molecule has 90 valence electrons. The highest BCUT2D eigenvalue weighted by Gasteiger charge is 2.26. The normalized spacial score (nSPS) is 13.7. The zero-order valence-electron chi connectivity index (χ0n) is 10.8. The summed E-state index contributed by atoms with van der Waals surface area (Å²) < 4.78 is 0. The molecule has 0 saturated heterocycles. The van der Waals surface area contributed by atoms with Gasteiger partial charge >= 0.3 is 0 Å². The van der Waals surface area contributed by atoms with E-state index in [9.17, 15) is 4.79 Å². The van der Waals surface area contributed by atoms with Crippen molar-refractivity contribution in [1.82, 2.24) is 10.6 Å². The summed E-state index contributed by atoms with van der Waals surface area (Å²) >= 11 is 0. The van der Waals surface area contributed by atoms with Crippen LogP contribution in [-0.2, 0) is 4.79 Å². The van der Waals surface area contributed by atoms with Crippen molar-refractivity contribution in [2.24, 2.45) is 5.41 Å². The van der Waals surface area contributed by atoms with Crippen LogP contribution in [0.2, 0.25) is 0 Å². The van der Waals surface area contributed by atoms with Gasteiger partial charge in [-0.2, -0.15) is 0 Å².